The number of carbonyl (C=O) groups excluding carboxylic acids is 1. The Morgan fingerprint density at radius 3 is 2.59 bits per heavy atom. The third-order valence-electron chi connectivity index (χ3n) is 5.43. The Morgan fingerprint density at radius 1 is 1.31 bits per heavy atom. The number of aliphatic hydroxyl groups is 3. The summed E-state index contributed by atoms with van der Waals surface area (Å²) in [4.78, 5) is 13.0. The normalized spacial score (nSPS) is 27.0. The molecule has 0 saturated carbocycles. The van der Waals surface area contributed by atoms with Crippen LogP contribution in [0.4, 0.5) is 0 Å². The summed E-state index contributed by atoms with van der Waals surface area (Å²) < 4.78 is 5.95. The zero-order valence-electron chi connectivity index (χ0n) is 18.0. The van der Waals surface area contributed by atoms with Crippen LogP contribution in [-0.2, 0) is 9.53 Å². The Hall–Kier alpha value is -0.0900. The van der Waals surface area contributed by atoms with Gasteiger partial charge in [-0.25, -0.2) is 0 Å². The Bertz CT molecular complexity index is 474. The molecule has 1 aliphatic heterocycles. The molecule has 0 aromatic rings. The maximum Gasteiger partial charge on any atom is 0.237 e. The monoisotopic (exact) mass is 454 g/mol. The van der Waals surface area contributed by atoms with Crippen molar-refractivity contribution in [2.45, 2.75) is 94.1 Å². The van der Waals surface area contributed by atoms with Gasteiger partial charge in [0.2, 0.25) is 5.91 Å². The van der Waals surface area contributed by atoms with Gasteiger partial charge in [-0.05, 0) is 64.7 Å². The summed E-state index contributed by atoms with van der Waals surface area (Å²) in [5.41, 5.74) is -0.272. The molecule has 1 heterocycles. The van der Waals surface area contributed by atoms with Crippen LogP contribution in [0.25, 0.3) is 0 Å². The first-order valence-corrected chi connectivity index (χ1v) is 12.2. The van der Waals surface area contributed by atoms with Crippen LogP contribution in [0.15, 0.2) is 0 Å². The number of alkyl halides is 1. The lowest BCUT2D eigenvalue weighted by molar-refractivity contribution is -0.134. The summed E-state index contributed by atoms with van der Waals surface area (Å²) in [7, 11) is 0. The number of rotatable bonds is 11. The first kappa shape index (κ1) is 26.9. The van der Waals surface area contributed by atoms with Gasteiger partial charge >= 0.3 is 0 Å². The third kappa shape index (κ3) is 9.72. The van der Waals surface area contributed by atoms with Crippen molar-refractivity contribution in [3.63, 3.8) is 0 Å². The maximum atomic E-state index is 13.0. The zero-order valence-corrected chi connectivity index (χ0v) is 19.6. The molecular weight excluding hydrogens is 416 g/mol. The van der Waals surface area contributed by atoms with E-state index in [9.17, 15) is 20.1 Å². The van der Waals surface area contributed by atoms with E-state index in [1.807, 2.05) is 13.2 Å². The molecule has 1 amide bonds. The lowest BCUT2D eigenvalue weighted by Crippen LogP contribution is -2.58. The van der Waals surface area contributed by atoms with Crippen molar-refractivity contribution in [1.29, 1.82) is 0 Å². The standard InChI is InChI=1S/C20H39ClN2O5S/c1-12-6-5-9-22-15(8-7-12)20(27)23-16(10-13(2)21)19(28-14(3)29-4)18(26)17(25)11-24/h12-19,22,24-26H,5-11H2,1-4H3,(H,23,27). The lowest BCUT2D eigenvalue weighted by Gasteiger charge is -2.36. The Morgan fingerprint density at radius 2 is 2.00 bits per heavy atom. The molecule has 1 rings (SSSR count). The number of aliphatic hydroxyl groups excluding tert-OH is 3. The van der Waals surface area contributed by atoms with Crippen molar-refractivity contribution < 1.29 is 24.9 Å². The molecule has 0 spiro atoms. The molecule has 0 radical (unpaired) electrons. The smallest absolute Gasteiger partial charge is 0.237 e. The molecule has 29 heavy (non-hydrogen) atoms. The van der Waals surface area contributed by atoms with Gasteiger partial charge in [0, 0.05) is 5.38 Å². The van der Waals surface area contributed by atoms with Gasteiger partial charge in [-0.2, -0.15) is 0 Å². The van der Waals surface area contributed by atoms with Gasteiger partial charge < -0.3 is 30.7 Å². The molecule has 9 heteroatoms. The van der Waals surface area contributed by atoms with Crippen molar-refractivity contribution in [3.8, 4) is 0 Å². The average Bonchev–Trinajstić information content (AvgIpc) is 2.66. The number of ether oxygens (including phenoxy) is 1. The highest BCUT2D eigenvalue weighted by Gasteiger charge is 2.37. The van der Waals surface area contributed by atoms with Crippen LogP contribution >= 0.6 is 23.4 Å². The van der Waals surface area contributed by atoms with E-state index in [1.165, 1.54) is 11.8 Å². The lowest BCUT2D eigenvalue weighted by atomic mass is 9.93. The number of halogens is 1. The second kappa shape index (κ2) is 14.1. The number of thioether (sulfide) groups is 1. The quantitative estimate of drug-likeness (QED) is 0.237. The van der Waals surface area contributed by atoms with Gasteiger partial charge in [-0.3, -0.25) is 4.79 Å². The number of nitrogens with one attached hydrogen (secondary N) is 2. The van der Waals surface area contributed by atoms with Gasteiger partial charge in [-0.15, -0.1) is 23.4 Å². The van der Waals surface area contributed by atoms with Gasteiger partial charge in [-0.1, -0.05) is 6.92 Å². The second-order valence-corrected chi connectivity index (χ2v) is 9.99. The van der Waals surface area contributed by atoms with Gasteiger partial charge in [0.15, 0.2) is 0 Å². The van der Waals surface area contributed by atoms with Gasteiger partial charge in [0.05, 0.1) is 18.7 Å². The van der Waals surface area contributed by atoms with Crippen molar-refractivity contribution in [3.05, 3.63) is 0 Å². The van der Waals surface area contributed by atoms with E-state index in [-0.39, 0.29) is 22.8 Å². The summed E-state index contributed by atoms with van der Waals surface area (Å²) in [5.74, 6) is 0.434. The van der Waals surface area contributed by atoms with Crippen LogP contribution < -0.4 is 10.6 Å². The van der Waals surface area contributed by atoms with E-state index in [1.54, 1.807) is 6.92 Å². The van der Waals surface area contributed by atoms with E-state index in [2.05, 4.69) is 17.6 Å². The number of hydrogen-bond acceptors (Lipinski definition) is 7. The fraction of sp³-hybridized carbons (Fsp3) is 0.950. The molecule has 0 aromatic carbocycles. The predicted molar refractivity (Wildman–Crippen MR) is 118 cm³/mol. The third-order valence-corrected chi connectivity index (χ3v) is 6.38. The van der Waals surface area contributed by atoms with E-state index in [0.717, 1.165) is 32.2 Å². The molecule has 1 saturated heterocycles. The van der Waals surface area contributed by atoms with E-state index in [4.69, 9.17) is 16.3 Å². The zero-order chi connectivity index (χ0) is 22.0. The fourth-order valence-corrected chi connectivity index (χ4v) is 4.01. The van der Waals surface area contributed by atoms with E-state index in [0.29, 0.717) is 12.3 Å². The van der Waals surface area contributed by atoms with Gasteiger partial charge in [0.25, 0.3) is 0 Å². The molecule has 0 aromatic heterocycles. The summed E-state index contributed by atoms with van der Waals surface area (Å²) in [6.07, 6.45) is 2.48. The summed E-state index contributed by atoms with van der Waals surface area (Å²) in [6.45, 7) is 6.03. The summed E-state index contributed by atoms with van der Waals surface area (Å²) in [6, 6.07) is -0.921. The Balaban J connectivity index is 2.97. The topological polar surface area (TPSA) is 111 Å². The Labute approximate surface area is 184 Å². The van der Waals surface area contributed by atoms with Crippen molar-refractivity contribution in [2.24, 2.45) is 5.92 Å². The van der Waals surface area contributed by atoms with Crippen LogP contribution in [0.1, 0.15) is 52.9 Å². The van der Waals surface area contributed by atoms with Crippen LogP contribution in [0.3, 0.4) is 0 Å². The fourth-order valence-electron chi connectivity index (χ4n) is 3.57. The van der Waals surface area contributed by atoms with Crippen LogP contribution in [0.2, 0.25) is 0 Å². The second-order valence-electron chi connectivity index (χ2n) is 8.11. The molecule has 1 fully saturated rings. The molecule has 8 atom stereocenters. The Kier molecular flexibility index (Phi) is 13.1. The maximum absolute atomic E-state index is 13.0. The van der Waals surface area contributed by atoms with E-state index < -0.39 is 31.0 Å². The largest absolute Gasteiger partial charge is 0.394 e. The highest BCUT2D eigenvalue weighted by molar-refractivity contribution is 7.99. The predicted octanol–water partition coefficient (Wildman–Crippen LogP) is 1.47. The number of amides is 1. The van der Waals surface area contributed by atoms with Crippen LogP contribution in [0, 0.1) is 5.92 Å². The van der Waals surface area contributed by atoms with E-state index >= 15 is 0 Å². The highest BCUT2D eigenvalue weighted by atomic mass is 35.5. The van der Waals surface area contributed by atoms with Crippen molar-refractivity contribution in [1.82, 2.24) is 10.6 Å². The van der Waals surface area contributed by atoms with Crippen LogP contribution in [-0.4, -0.2) is 81.8 Å². The SMILES string of the molecule is CSC(C)OC(C(CC(C)Cl)NC(=O)C1CCC(C)CCCN1)C(O)C(O)CO. The minimum atomic E-state index is -1.38. The van der Waals surface area contributed by atoms with Crippen LogP contribution in [0.5, 0.6) is 0 Å². The molecule has 0 bridgehead atoms. The minimum absolute atomic E-state index is 0.155. The number of carbonyl (C=O) groups is 1. The molecule has 5 N–H and O–H groups in total. The van der Waals surface area contributed by atoms with Gasteiger partial charge in [0.1, 0.15) is 23.7 Å². The first-order valence-electron chi connectivity index (χ1n) is 10.5. The average molecular weight is 455 g/mol. The summed E-state index contributed by atoms with van der Waals surface area (Å²) >= 11 is 7.66. The molecule has 1 aliphatic rings. The van der Waals surface area contributed by atoms with Crippen molar-refractivity contribution >= 4 is 29.3 Å². The molecule has 172 valence electrons. The summed E-state index contributed by atoms with van der Waals surface area (Å²) in [5, 5.41) is 35.9. The molecule has 0 aliphatic carbocycles. The first-order chi connectivity index (χ1) is 13.7. The molecule has 7 nitrogen and oxygen atoms in total. The minimum Gasteiger partial charge on any atom is -0.394 e. The molecule has 8 unspecified atom stereocenters. The highest BCUT2D eigenvalue weighted by Crippen LogP contribution is 2.22. The van der Waals surface area contributed by atoms with Crippen molar-refractivity contribution in [2.75, 3.05) is 19.4 Å². The number of hydrogen-bond donors (Lipinski definition) is 5. The molecular formula is C20H39ClN2O5S.